The molecule has 0 spiro atoms. The Balaban J connectivity index is 1.43. The molecule has 4 nitrogen and oxygen atoms in total. The summed E-state index contributed by atoms with van der Waals surface area (Å²) < 4.78 is 0. The first kappa shape index (κ1) is 19.7. The van der Waals surface area contributed by atoms with E-state index in [-0.39, 0.29) is 0 Å². The lowest BCUT2D eigenvalue weighted by molar-refractivity contribution is 1.07. The van der Waals surface area contributed by atoms with Crippen LogP contribution < -0.4 is 0 Å². The Hall–Kier alpha value is -3.40. The molecule has 4 fully saturated rings. The highest BCUT2D eigenvalue weighted by Gasteiger charge is 2.33. The highest BCUT2D eigenvalue weighted by Crippen LogP contribution is 2.49. The molecule has 0 saturated heterocycles. The van der Waals surface area contributed by atoms with Gasteiger partial charge in [-0.05, 0) is 124 Å². The highest BCUT2D eigenvalue weighted by molar-refractivity contribution is 5.84. The van der Waals surface area contributed by atoms with Gasteiger partial charge in [-0.1, -0.05) is 0 Å². The van der Waals surface area contributed by atoms with Gasteiger partial charge in [0.05, 0.1) is 22.8 Å². The minimum atomic E-state index is 0.614. The van der Waals surface area contributed by atoms with Gasteiger partial charge in [-0.15, -0.1) is 0 Å². The van der Waals surface area contributed by atoms with Crippen LogP contribution in [0, 0.1) is 0 Å². The number of aromatic nitrogens is 4. The molecular formula is C32H30N4. The van der Waals surface area contributed by atoms with Crippen LogP contribution in [0.5, 0.6) is 0 Å². The number of aromatic amines is 2. The van der Waals surface area contributed by atoms with Gasteiger partial charge in [-0.2, -0.15) is 0 Å². The molecular weight excluding hydrogens is 440 g/mol. The minimum Gasteiger partial charge on any atom is -0.355 e. The normalized spacial score (nSPS) is 20.9. The largest absolute Gasteiger partial charge is 0.355 e. The van der Waals surface area contributed by atoms with Crippen LogP contribution in [-0.2, 0) is 0 Å². The topological polar surface area (TPSA) is 57.4 Å². The summed E-state index contributed by atoms with van der Waals surface area (Å²) in [6.45, 7) is 0. The molecule has 0 radical (unpaired) electrons. The molecule has 178 valence electrons. The number of hydrogen-bond acceptors (Lipinski definition) is 2. The molecule has 0 unspecified atom stereocenters. The predicted molar refractivity (Wildman–Crippen MR) is 147 cm³/mol. The Morgan fingerprint density at radius 3 is 0.889 bits per heavy atom. The fraction of sp³-hybridized carbons (Fsp3) is 0.375. The van der Waals surface area contributed by atoms with Crippen LogP contribution in [0.4, 0.5) is 0 Å². The number of fused-ring (bicyclic) bond motifs is 8. The number of nitrogens with one attached hydrogen (secondary N) is 2. The summed E-state index contributed by atoms with van der Waals surface area (Å²) in [4.78, 5) is 18.3. The van der Waals surface area contributed by atoms with Gasteiger partial charge in [-0.3, -0.25) is 0 Å². The Labute approximate surface area is 210 Å². The van der Waals surface area contributed by atoms with Gasteiger partial charge < -0.3 is 9.97 Å². The molecule has 9 rings (SSSR count). The first-order valence-electron chi connectivity index (χ1n) is 14.0. The lowest BCUT2D eigenvalue weighted by Crippen LogP contribution is -1.92. The molecule has 3 aromatic rings. The Bertz CT molecular complexity index is 1420. The minimum absolute atomic E-state index is 0.614. The summed E-state index contributed by atoms with van der Waals surface area (Å²) in [6.07, 6.45) is 19.2. The standard InChI is InChI=1S/C32H30N4/c1-2-17(1)29-21-9-11-23(33-21)30(18-3-4-18)25-13-15-27(35-25)32(20-7-8-20)28-16-14-26(36-28)31(19-5-6-19)24-12-10-22(29)34-24/h9-20,33,36H,1-8H2. The van der Waals surface area contributed by atoms with Crippen molar-refractivity contribution in [3.05, 3.63) is 69.3 Å². The summed E-state index contributed by atoms with van der Waals surface area (Å²) >= 11 is 0. The van der Waals surface area contributed by atoms with Crippen LogP contribution in [0.15, 0.2) is 24.3 Å². The number of H-pyrrole nitrogens is 2. The molecule has 36 heavy (non-hydrogen) atoms. The third kappa shape index (κ3) is 3.13. The van der Waals surface area contributed by atoms with Gasteiger partial charge in [0.2, 0.25) is 0 Å². The number of nitrogens with zero attached hydrogens (tertiary/aromatic N) is 2. The van der Waals surface area contributed by atoms with Gasteiger partial charge in [0.25, 0.3) is 0 Å². The van der Waals surface area contributed by atoms with E-state index < -0.39 is 0 Å². The van der Waals surface area contributed by atoms with E-state index in [0.29, 0.717) is 23.7 Å². The Kier molecular flexibility index (Phi) is 3.89. The van der Waals surface area contributed by atoms with Gasteiger partial charge in [0.1, 0.15) is 0 Å². The molecule has 4 heteroatoms. The second-order valence-electron chi connectivity index (χ2n) is 11.8. The average Bonchev–Trinajstić information content (AvgIpc) is 3.74. The van der Waals surface area contributed by atoms with E-state index in [0.717, 1.165) is 22.8 Å². The molecule has 5 heterocycles. The fourth-order valence-electron chi connectivity index (χ4n) is 6.50. The maximum atomic E-state index is 5.30. The predicted octanol–water partition coefficient (Wildman–Crippen LogP) is 8.17. The first-order valence-corrected chi connectivity index (χ1v) is 14.0. The monoisotopic (exact) mass is 470 g/mol. The van der Waals surface area contributed by atoms with Crippen molar-refractivity contribution in [2.75, 3.05) is 0 Å². The number of rotatable bonds is 4. The van der Waals surface area contributed by atoms with Crippen molar-refractivity contribution in [1.82, 2.24) is 19.9 Å². The number of hydrogen-bond donors (Lipinski definition) is 2. The van der Waals surface area contributed by atoms with Gasteiger partial charge in [0.15, 0.2) is 0 Å². The quantitative estimate of drug-likeness (QED) is 0.278. The zero-order chi connectivity index (χ0) is 23.4. The highest BCUT2D eigenvalue weighted by atomic mass is 14.8. The van der Waals surface area contributed by atoms with Crippen molar-refractivity contribution in [1.29, 1.82) is 0 Å². The van der Waals surface area contributed by atoms with Crippen molar-refractivity contribution in [3.8, 4) is 0 Å². The zero-order valence-electron chi connectivity index (χ0n) is 20.5. The molecule has 2 aliphatic heterocycles. The first-order chi connectivity index (χ1) is 17.8. The molecule has 0 amide bonds. The molecule has 8 bridgehead atoms. The lowest BCUT2D eigenvalue weighted by atomic mass is 10.1. The molecule has 3 aromatic heterocycles. The maximum Gasteiger partial charge on any atom is 0.0693 e. The summed E-state index contributed by atoms with van der Waals surface area (Å²) in [5, 5.41) is 0. The van der Waals surface area contributed by atoms with E-state index in [2.05, 4.69) is 58.5 Å². The second-order valence-corrected chi connectivity index (χ2v) is 11.8. The van der Waals surface area contributed by atoms with Crippen molar-refractivity contribution >= 4 is 46.4 Å². The van der Waals surface area contributed by atoms with Gasteiger partial charge in [-0.25, -0.2) is 9.97 Å². The molecule has 4 saturated carbocycles. The van der Waals surface area contributed by atoms with Crippen LogP contribution in [0.25, 0.3) is 46.4 Å². The van der Waals surface area contributed by atoms with Crippen LogP contribution >= 0.6 is 0 Å². The van der Waals surface area contributed by atoms with Crippen molar-refractivity contribution in [2.24, 2.45) is 0 Å². The Morgan fingerprint density at radius 1 is 0.417 bits per heavy atom. The third-order valence-corrected chi connectivity index (χ3v) is 8.86. The van der Waals surface area contributed by atoms with E-state index in [4.69, 9.17) is 9.97 Å². The van der Waals surface area contributed by atoms with E-state index in [1.54, 1.807) is 0 Å². The summed E-state index contributed by atoms with van der Waals surface area (Å²) in [5.41, 5.74) is 15.2. The van der Waals surface area contributed by atoms with E-state index in [9.17, 15) is 0 Å². The molecule has 4 aliphatic carbocycles. The summed E-state index contributed by atoms with van der Waals surface area (Å²) in [7, 11) is 0. The average molecular weight is 471 g/mol. The fourth-order valence-corrected chi connectivity index (χ4v) is 6.50. The maximum absolute atomic E-state index is 5.30. The molecule has 0 aromatic carbocycles. The lowest BCUT2D eigenvalue weighted by Gasteiger charge is -2.04. The molecule has 0 atom stereocenters. The van der Waals surface area contributed by atoms with E-state index >= 15 is 0 Å². The SMILES string of the molecule is C1=Cc2nc1c(C1CC1)c1ccc([nH]1)c(C1CC1)c1nc(c(C3CC3)c3ccc([nH]3)c2C2CC2)C=C1. The zero-order valence-corrected chi connectivity index (χ0v) is 20.5. The summed E-state index contributed by atoms with van der Waals surface area (Å²) in [5.74, 6) is 2.46. The van der Waals surface area contributed by atoms with Gasteiger partial charge in [0, 0.05) is 44.3 Å². The van der Waals surface area contributed by atoms with Crippen molar-refractivity contribution < 1.29 is 0 Å². The van der Waals surface area contributed by atoms with E-state index in [1.165, 1.54) is 95.7 Å². The third-order valence-electron chi connectivity index (χ3n) is 8.86. The van der Waals surface area contributed by atoms with Crippen molar-refractivity contribution in [3.63, 3.8) is 0 Å². The van der Waals surface area contributed by atoms with Crippen LogP contribution in [0.1, 0.15) is 120 Å². The summed E-state index contributed by atoms with van der Waals surface area (Å²) in [6, 6.07) is 9.19. The Morgan fingerprint density at radius 2 is 0.667 bits per heavy atom. The second kappa shape index (κ2) is 7.09. The van der Waals surface area contributed by atoms with Crippen molar-refractivity contribution in [2.45, 2.75) is 75.0 Å². The van der Waals surface area contributed by atoms with Crippen LogP contribution in [0.3, 0.4) is 0 Å². The van der Waals surface area contributed by atoms with Gasteiger partial charge >= 0.3 is 0 Å². The molecule has 2 N–H and O–H groups in total. The smallest absolute Gasteiger partial charge is 0.0693 e. The molecule has 6 aliphatic rings. The van der Waals surface area contributed by atoms with E-state index in [1.807, 2.05) is 0 Å². The van der Waals surface area contributed by atoms with Crippen LogP contribution in [0.2, 0.25) is 0 Å². The van der Waals surface area contributed by atoms with Crippen LogP contribution in [-0.4, -0.2) is 19.9 Å².